The fourth-order valence-corrected chi connectivity index (χ4v) is 6.78. The number of methoxy groups -OCH3 is 1. The van der Waals surface area contributed by atoms with Crippen molar-refractivity contribution in [2.75, 3.05) is 43.9 Å². The highest BCUT2D eigenvalue weighted by molar-refractivity contribution is 8.01. The van der Waals surface area contributed by atoms with Crippen LogP contribution in [0.1, 0.15) is 15.9 Å². The van der Waals surface area contributed by atoms with Gasteiger partial charge < -0.3 is 24.8 Å². The fraction of sp³-hybridized carbons (Fsp3) is 0.176. The van der Waals surface area contributed by atoms with Crippen LogP contribution in [0.4, 0.5) is 20.3 Å². The molecule has 5 aromatic rings. The van der Waals surface area contributed by atoms with Crippen LogP contribution in [0.2, 0.25) is 0 Å². The molecule has 9 nitrogen and oxygen atoms in total. The normalized spacial score (nSPS) is 14.6. The van der Waals surface area contributed by atoms with E-state index >= 15 is 0 Å². The van der Waals surface area contributed by atoms with Crippen molar-refractivity contribution < 1.29 is 27.3 Å². The maximum absolute atomic E-state index is 14.6. The molecule has 236 valence electrons. The highest BCUT2D eigenvalue weighted by atomic mass is 32.2. The van der Waals surface area contributed by atoms with Gasteiger partial charge in [-0.2, -0.15) is 0 Å². The molecule has 1 atom stereocenters. The number of benzene rings is 3. The molecule has 1 aliphatic rings. The van der Waals surface area contributed by atoms with Crippen LogP contribution in [0.3, 0.4) is 0 Å². The van der Waals surface area contributed by atoms with E-state index in [2.05, 4.69) is 20.6 Å². The molecule has 3 heterocycles. The van der Waals surface area contributed by atoms with Gasteiger partial charge in [-0.25, -0.2) is 23.0 Å². The second-order valence-electron chi connectivity index (χ2n) is 10.8. The van der Waals surface area contributed by atoms with Crippen molar-refractivity contribution in [2.45, 2.75) is 11.8 Å². The average Bonchev–Trinajstić information content (AvgIpc) is 3.05. The quantitative estimate of drug-likeness (QED) is 0.218. The number of pyridine rings is 2. The van der Waals surface area contributed by atoms with E-state index in [1.807, 2.05) is 36.4 Å². The number of fused-ring (bicyclic) bond motifs is 1. The highest BCUT2D eigenvalue weighted by Gasteiger charge is 2.22. The summed E-state index contributed by atoms with van der Waals surface area (Å²) in [7, 11) is -2.06. The first-order chi connectivity index (χ1) is 22.1. The van der Waals surface area contributed by atoms with Crippen molar-refractivity contribution in [1.82, 2.24) is 14.9 Å². The van der Waals surface area contributed by atoms with Crippen LogP contribution in [-0.4, -0.2) is 64.3 Å². The molecule has 0 saturated carbocycles. The first kappa shape index (κ1) is 30.9. The van der Waals surface area contributed by atoms with Crippen molar-refractivity contribution in [3.63, 3.8) is 0 Å². The summed E-state index contributed by atoms with van der Waals surface area (Å²) in [6.07, 6.45) is 1.62. The number of hydrogen-bond acceptors (Lipinski definition) is 7. The number of amides is 1. The number of rotatable bonds is 7. The fourth-order valence-electron chi connectivity index (χ4n) is 5.44. The standard InChI is InChI=1S/C34H31F2N5O4S/c1-20-27(19-38-33(44-2)31(20)40-46(3,43)30-11-9-25(35)18-28(30)36)23-8-10-29-24(16-23)17-26(32(37)39-29)21-4-6-22(7-5-21)34(42)41-12-14-45-15-13-41/h4-11,16-19H,3,12-15H2,1-2H3,(H2,37,39)(H,40,43). The van der Waals surface area contributed by atoms with E-state index in [1.165, 1.54) is 7.11 Å². The van der Waals surface area contributed by atoms with E-state index < -0.39 is 21.3 Å². The summed E-state index contributed by atoms with van der Waals surface area (Å²) >= 11 is 0. The Bertz CT molecular complexity index is 2080. The lowest BCUT2D eigenvalue weighted by atomic mass is 9.98. The van der Waals surface area contributed by atoms with E-state index in [0.717, 1.165) is 28.6 Å². The molecular weight excluding hydrogens is 612 g/mol. The molecule has 1 fully saturated rings. The van der Waals surface area contributed by atoms with Crippen molar-refractivity contribution in [3.8, 4) is 28.1 Å². The average molecular weight is 644 g/mol. The van der Waals surface area contributed by atoms with Gasteiger partial charge in [0.1, 0.15) is 23.1 Å². The van der Waals surface area contributed by atoms with E-state index in [-0.39, 0.29) is 22.4 Å². The number of ether oxygens (including phenoxy) is 2. The largest absolute Gasteiger partial charge is 0.479 e. The molecule has 0 radical (unpaired) electrons. The Labute approximate surface area is 265 Å². The Morgan fingerprint density at radius 2 is 1.74 bits per heavy atom. The third kappa shape index (κ3) is 5.96. The maximum atomic E-state index is 14.6. The van der Waals surface area contributed by atoms with Crippen molar-refractivity contribution in [1.29, 1.82) is 0 Å². The van der Waals surface area contributed by atoms with Gasteiger partial charge in [-0.15, -0.1) is 0 Å². The zero-order valence-electron chi connectivity index (χ0n) is 25.2. The summed E-state index contributed by atoms with van der Waals surface area (Å²) in [6.45, 7) is 3.97. The van der Waals surface area contributed by atoms with Crippen molar-refractivity contribution in [2.24, 2.45) is 0 Å². The van der Waals surface area contributed by atoms with Crippen LogP contribution in [0, 0.1) is 18.6 Å². The monoisotopic (exact) mass is 643 g/mol. The van der Waals surface area contributed by atoms with Gasteiger partial charge in [0.25, 0.3) is 5.91 Å². The maximum Gasteiger partial charge on any atom is 0.254 e. The highest BCUT2D eigenvalue weighted by Crippen LogP contribution is 2.37. The molecule has 1 amide bonds. The molecule has 6 rings (SSSR count). The molecular formula is C34H31F2N5O4S. The lowest BCUT2D eigenvalue weighted by Gasteiger charge is -2.26. The Morgan fingerprint density at radius 1 is 1.02 bits per heavy atom. The van der Waals surface area contributed by atoms with Crippen LogP contribution in [-0.2, 0) is 14.4 Å². The van der Waals surface area contributed by atoms with Gasteiger partial charge in [0, 0.05) is 47.4 Å². The molecule has 0 spiro atoms. The Balaban J connectivity index is 1.34. The summed E-state index contributed by atoms with van der Waals surface area (Å²) in [5.74, 6) is 2.36. The zero-order chi connectivity index (χ0) is 32.6. The third-order valence-corrected chi connectivity index (χ3v) is 9.49. The van der Waals surface area contributed by atoms with E-state index in [9.17, 15) is 17.8 Å². The van der Waals surface area contributed by atoms with Gasteiger partial charge in [0.15, 0.2) is 0 Å². The van der Waals surface area contributed by atoms with Crippen LogP contribution in [0.25, 0.3) is 33.2 Å². The molecule has 3 aromatic carbocycles. The molecule has 2 aromatic heterocycles. The van der Waals surface area contributed by atoms with E-state index in [0.29, 0.717) is 66.0 Å². The number of morpholine rings is 1. The van der Waals surface area contributed by atoms with Crippen molar-refractivity contribution in [3.05, 3.63) is 95.7 Å². The molecule has 46 heavy (non-hydrogen) atoms. The predicted molar refractivity (Wildman–Crippen MR) is 176 cm³/mol. The smallest absolute Gasteiger partial charge is 0.254 e. The second-order valence-corrected chi connectivity index (χ2v) is 12.8. The first-order valence-electron chi connectivity index (χ1n) is 14.4. The summed E-state index contributed by atoms with van der Waals surface area (Å²) in [4.78, 5) is 23.4. The number of nitrogens with two attached hydrogens (primary N) is 1. The molecule has 12 heteroatoms. The van der Waals surface area contributed by atoms with E-state index in [1.54, 1.807) is 30.2 Å². The number of hydrogen-bond donors (Lipinski definition) is 2. The third-order valence-electron chi connectivity index (χ3n) is 7.91. The topological polar surface area (TPSA) is 120 Å². The second kappa shape index (κ2) is 12.4. The molecule has 0 bridgehead atoms. The lowest BCUT2D eigenvalue weighted by molar-refractivity contribution is 0.0303. The van der Waals surface area contributed by atoms with Gasteiger partial charge in [0.2, 0.25) is 5.88 Å². The number of halogens is 2. The van der Waals surface area contributed by atoms with Crippen LogP contribution in [0.5, 0.6) is 5.88 Å². The Hall–Kier alpha value is -5.07. The number of nitrogens with zero attached hydrogens (tertiary/aromatic N) is 3. The Kier molecular flexibility index (Phi) is 8.32. The molecule has 1 saturated heterocycles. The molecule has 0 aliphatic carbocycles. The first-order valence-corrected chi connectivity index (χ1v) is 16.1. The summed E-state index contributed by atoms with van der Waals surface area (Å²) < 4.78 is 55.2. The van der Waals surface area contributed by atoms with Gasteiger partial charge in [-0.3, -0.25) is 4.79 Å². The van der Waals surface area contributed by atoms with Gasteiger partial charge in [0.05, 0.1) is 40.4 Å². The SMILES string of the molecule is C=S(=O)(Nc1c(OC)ncc(-c2ccc3nc(N)c(-c4ccc(C(=O)N5CCOCC5)cc4)cc3c2)c1C)c1ccc(F)cc1F. The zero-order valence-corrected chi connectivity index (χ0v) is 26.0. The molecule has 3 N–H and O–H groups in total. The number of carbonyl (C=O) groups excluding carboxylic acids is 1. The predicted octanol–water partition coefficient (Wildman–Crippen LogP) is 5.72. The number of aromatic nitrogens is 2. The van der Waals surface area contributed by atoms with Gasteiger partial charge in [-0.1, -0.05) is 18.2 Å². The lowest BCUT2D eigenvalue weighted by Crippen LogP contribution is -2.40. The minimum atomic E-state index is -3.47. The number of nitrogen functional groups attached to an aromatic ring is 1. The number of nitrogens with one attached hydrogen (secondary N) is 1. The van der Waals surface area contributed by atoms with Gasteiger partial charge in [-0.05, 0) is 71.9 Å². The Morgan fingerprint density at radius 3 is 2.43 bits per heavy atom. The van der Waals surface area contributed by atoms with Gasteiger partial charge >= 0.3 is 0 Å². The van der Waals surface area contributed by atoms with E-state index in [4.69, 9.17) is 15.2 Å². The number of carbonyl (C=O) groups is 1. The molecule has 1 unspecified atom stereocenters. The summed E-state index contributed by atoms with van der Waals surface area (Å²) in [5, 5.41) is 0.800. The minimum absolute atomic E-state index is 0.0427. The van der Waals surface area contributed by atoms with Crippen LogP contribution in [0.15, 0.2) is 77.8 Å². The van der Waals surface area contributed by atoms with Crippen LogP contribution >= 0.6 is 0 Å². The molecule has 1 aliphatic heterocycles. The number of anilines is 2. The summed E-state index contributed by atoms with van der Waals surface area (Å²) in [6, 6.07) is 17.6. The van der Waals surface area contributed by atoms with Crippen molar-refractivity contribution >= 4 is 43.9 Å². The van der Waals surface area contributed by atoms with Crippen LogP contribution < -0.4 is 15.2 Å². The summed E-state index contributed by atoms with van der Waals surface area (Å²) in [5.41, 5.74) is 11.5. The minimum Gasteiger partial charge on any atom is -0.479 e.